The van der Waals surface area contributed by atoms with Gasteiger partial charge < -0.3 is 15.8 Å². The Hall–Kier alpha value is -1.24. The largest absolute Gasteiger partial charge is 0.459 e. The van der Waals surface area contributed by atoms with Gasteiger partial charge in [-0.15, -0.1) is 0 Å². The minimum atomic E-state index is -3.41. The molecule has 0 radical (unpaired) electrons. The lowest BCUT2D eigenvalue weighted by molar-refractivity contribution is -0.0802. The zero-order valence-electron chi connectivity index (χ0n) is 10.3. The van der Waals surface area contributed by atoms with E-state index in [-0.39, 0.29) is 5.75 Å². The molecular formula is C13H9BrCl2F2N2O. The van der Waals surface area contributed by atoms with E-state index >= 15 is 0 Å². The average Bonchev–Trinajstić information content (AvgIpc) is 2.34. The first kappa shape index (κ1) is 16.1. The number of nitrogen functional groups attached to an aromatic ring is 1. The summed E-state index contributed by atoms with van der Waals surface area (Å²) in [6, 6.07) is 8.98. The van der Waals surface area contributed by atoms with Crippen molar-refractivity contribution in [1.82, 2.24) is 0 Å². The summed E-state index contributed by atoms with van der Waals surface area (Å²) in [4.78, 5) is 0. The number of hydrogen-bond donors (Lipinski definition) is 2. The summed E-state index contributed by atoms with van der Waals surface area (Å²) in [6.07, 6.45) is 0. The maximum Gasteiger partial charge on any atom is 0.459 e. The van der Waals surface area contributed by atoms with E-state index in [4.69, 9.17) is 28.9 Å². The molecule has 2 aromatic rings. The number of nitrogens with two attached hydrogens (primary N) is 1. The summed E-state index contributed by atoms with van der Waals surface area (Å²) in [5, 5.41) is 0.280. The number of halogens is 5. The van der Waals surface area contributed by atoms with Crippen molar-refractivity contribution in [2.24, 2.45) is 0 Å². The molecule has 2 aromatic carbocycles. The minimum absolute atomic E-state index is 0.0110. The van der Waals surface area contributed by atoms with Gasteiger partial charge in [0, 0.05) is 27.3 Å². The van der Waals surface area contributed by atoms with Crippen molar-refractivity contribution in [1.29, 1.82) is 0 Å². The van der Waals surface area contributed by atoms with Crippen LogP contribution in [0, 0.1) is 0 Å². The lowest BCUT2D eigenvalue weighted by Gasteiger charge is -2.13. The van der Waals surface area contributed by atoms with Gasteiger partial charge in [-0.3, -0.25) is 0 Å². The minimum Gasteiger partial charge on any atom is -0.424 e. The van der Waals surface area contributed by atoms with Crippen LogP contribution in [0.15, 0.2) is 36.4 Å². The summed E-state index contributed by atoms with van der Waals surface area (Å²) < 4.78 is 29.6. The van der Waals surface area contributed by atoms with Gasteiger partial charge in [0.25, 0.3) is 0 Å². The Labute approximate surface area is 138 Å². The first-order chi connectivity index (χ1) is 9.74. The van der Waals surface area contributed by atoms with Crippen LogP contribution in [0.1, 0.15) is 0 Å². The van der Waals surface area contributed by atoms with Crippen LogP contribution in [-0.4, -0.2) is 5.02 Å². The normalized spacial score (nSPS) is 11.3. The first-order valence-corrected chi connectivity index (χ1v) is 7.17. The fourth-order valence-corrected chi connectivity index (χ4v) is 2.38. The molecule has 0 aliphatic carbocycles. The zero-order valence-corrected chi connectivity index (χ0v) is 13.4. The van der Waals surface area contributed by atoms with Gasteiger partial charge in [-0.25, -0.2) is 0 Å². The van der Waals surface area contributed by atoms with Gasteiger partial charge >= 0.3 is 5.02 Å². The number of rotatable bonds is 4. The Morgan fingerprint density at radius 1 is 1.10 bits per heavy atom. The van der Waals surface area contributed by atoms with Crippen molar-refractivity contribution < 1.29 is 13.5 Å². The van der Waals surface area contributed by atoms with E-state index in [0.29, 0.717) is 27.1 Å². The van der Waals surface area contributed by atoms with Crippen molar-refractivity contribution in [3.05, 3.63) is 46.4 Å². The second kappa shape index (κ2) is 6.25. The predicted molar refractivity (Wildman–Crippen MR) is 85.1 cm³/mol. The molecule has 0 amide bonds. The quantitative estimate of drug-likeness (QED) is 0.518. The molecule has 0 spiro atoms. The van der Waals surface area contributed by atoms with Crippen LogP contribution in [0.4, 0.5) is 25.8 Å². The standard InChI is InChI=1S/C13H9BrCl2F2N2O/c14-13(17,18)21-9-3-1-8(2-4-9)20-12-10(15)5-7(19)6-11(12)16/h1-6,20H,19H2. The van der Waals surface area contributed by atoms with Crippen LogP contribution >= 0.6 is 39.1 Å². The summed E-state index contributed by atoms with van der Waals surface area (Å²) >= 11 is 14.2. The fourth-order valence-electron chi connectivity index (χ4n) is 1.60. The highest BCUT2D eigenvalue weighted by molar-refractivity contribution is 9.09. The molecule has 0 saturated carbocycles. The van der Waals surface area contributed by atoms with Crippen molar-refractivity contribution in [3.8, 4) is 5.75 Å². The molecule has 0 aromatic heterocycles. The molecule has 3 N–H and O–H groups in total. The topological polar surface area (TPSA) is 47.3 Å². The Morgan fingerprint density at radius 3 is 2.10 bits per heavy atom. The van der Waals surface area contributed by atoms with Gasteiger partial charge in [-0.2, -0.15) is 8.78 Å². The molecule has 0 atom stereocenters. The third-order valence-electron chi connectivity index (χ3n) is 2.42. The molecule has 2 rings (SSSR count). The van der Waals surface area contributed by atoms with E-state index in [9.17, 15) is 8.78 Å². The van der Waals surface area contributed by atoms with Crippen molar-refractivity contribution >= 4 is 56.2 Å². The van der Waals surface area contributed by atoms with Crippen molar-refractivity contribution in [3.63, 3.8) is 0 Å². The third kappa shape index (κ3) is 4.62. The molecule has 0 fully saturated rings. The van der Waals surface area contributed by atoms with E-state index in [0.717, 1.165) is 0 Å². The molecule has 112 valence electrons. The summed E-state index contributed by atoms with van der Waals surface area (Å²) in [5.74, 6) is 0.0110. The molecule has 0 aliphatic heterocycles. The summed E-state index contributed by atoms with van der Waals surface area (Å²) in [7, 11) is 0. The zero-order chi connectivity index (χ0) is 15.6. The number of alkyl halides is 3. The van der Waals surface area contributed by atoms with E-state index < -0.39 is 5.02 Å². The lowest BCUT2D eigenvalue weighted by atomic mass is 10.2. The maximum atomic E-state index is 12.6. The first-order valence-electron chi connectivity index (χ1n) is 5.62. The SMILES string of the molecule is Nc1cc(Cl)c(Nc2ccc(OC(F)(F)Br)cc2)c(Cl)c1. The number of hydrogen-bond acceptors (Lipinski definition) is 3. The molecular weight excluding hydrogens is 389 g/mol. The number of ether oxygens (including phenoxy) is 1. The molecule has 8 heteroatoms. The Kier molecular flexibility index (Phi) is 4.81. The van der Waals surface area contributed by atoms with Gasteiger partial charge in [-0.05, 0) is 36.4 Å². The van der Waals surface area contributed by atoms with Crippen molar-refractivity contribution in [2.75, 3.05) is 11.1 Å². The van der Waals surface area contributed by atoms with E-state index in [1.807, 2.05) is 0 Å². The van der Waals surface area contributed by atoms with Crippen LogP contribution < -0.4 is 15.8 Å². The highest BCUT2D eigenvalue weighted by Crippen LogP contribution is 2.35. The molecule has 0 unspecified atom stereocenters. The van der Waals surface area contributed by atoms with E-state index in [1.54, 1.807) is 24.3 Å². The lowest BCUT2D eigenvalue weighted by Crippen LogP contribution is -2.14. The van der Waals surface area contributed by atoms with Gasteiger partial charge in [0.2, 0.25) is 0 Å². The molecule has 21 heavy (non-hydrogen) atoms. The van der Waals surface area contributed by atoms with Gasteiger partial charge in [0.05, 0.1) is 15.7 Å². The van der Waals surface area contributed by atoms with Crippen LogP contribution in [0.3, 0.4) is 0 Å². The molecule has 3 nitrogen and oxygen atoms in total. The highest BCUT2D eigenvalue weighted by atomic mass is 79.9. The van der Waals surface area contributed by atoms with E-state index in [1.165, 1.54) is 12.1 Å². The average molecular weight is 398 g/mol. The van der Waals surface area contributed by atoms with Crippen LogP contribution in [0.2, 0.25) is 10.0 Å². The molecule has 0 aliphatic rings. The number of benzene rings is 2. The third-order valence-corrected chi connectivity index (χ3v) is 3.18. The van der Waals surface area contributed by atoms with Crippen molar-refractivity contribution in [2.45, 2.75) is 5.02 Å². The van der Waals surface area contributed by atoms with Crippen LogP contribution in [0.5, 0.6) is 5.75 Å². The Balaban J connectivity index is 2.18. The summed E-state index contributed by atoms with van der Waals surface area (Å²) in [6.45, 7) is 0. The Bertz CT molecular complexity index is 625. The number of nitrogens with one attached hydrogen (secondary N) is 1. The fraction of sp³-hybridized carbons (Fsp3) is 0.0769. The van der Waals surface area contributed by atoms with Crippen LogP contribution in [-0.2, 0) is 0 Å². The van der Waals surface area contributed by atoms with Gasteiger partial charge in [-0.1, -0.05) is 23.2 Å². The number of anilines is 3. The predicted octanol–water partition coefficient (Wildman–Crippen LogP) is 5.64. The monoisotopic (exact) mass is 396 g/mol. The second-order valence-electron chi connectivity index (χ2n) is 4.06. The smallest absolute Gasteiger partial charge is 0.424 e. The van der Waals surface area contributed by atoms with Gasteiger partial charge in [0.1, 0.15) is 5.75 Å². The van der Waals surface area contributed by atoms with Gasteiger partial charge in [0.15, 0.2) is 0 Å². The Morgan fingerprint density at radius 2 is 1.62 bits per heavy atom. The highest BCUT2D eigenvalue weighted by Gasteiger charge is 2.26. The molecule has 0 heterocycles. The van der Waals surface area contributed by atoms with E-state index in [2.05, 4.69) is 26.0 Å². The molecule has 0 bridgehead atoms. The molecule has 0 saturated heterocycles. The second-order valence-corrected chi connectivity index (χ2v) is 5.79. The maximum absolute atomic E-state index is 12.6. The van der Waals surface area contributed by atoms with Crippen LogP contribution in [0.25, 0.3) is 0 Å². The summed E-state index contributed by atoms with van der Waals surface area (Å²) in [5.41, 5.74) is 7.14.